The predicted molar refractivity (Wildman–Crippen MR) is 50.6 cm³/mol. The molecule has 2 fully saturated rings. The third-order valence-electron chi connectivity index (χ3n) is 2.93. The molecule has 2 aliphatic rings. The number of nitrogens with one attached hydrogen (secondary N) is 1. The summed E-state index contributed by atoms with van der Waals surface area (Å²) in [5.41, 5.74) is 0. The van der Waals surface area contributed by atoms with E-state index in [0.29, 0.717) is 12.9 Å². The van der Waals surface area contributed by atoms with Crippen LogP contribution in [0.4, 0.5) is 0 Å². The molecule has 0 aromatic heterocycles. The van der Waals surface area contributed by atoms with Crippen LogP contribution < -0.4 is 5.32 Å². The lowest BCUT2D eigenvalue weighted by Gasteiger charge is -2.23. The van der Waals surface area contributed by atoms with Crippen molar-refractivity contribution in [1.82, 2.24) is 5.32 Å². The average molecular weight is 185 g/mol. The van der Waals surface area contributed by atoms with Gasteiger partial charge >= 0.3 is 0 Å². The summed E-state index contributed by atoms with van der Waals surface area (Å²) in [6.45, 7) is 2.21. The van der Waals surface area contributed by atoms with E-state index in [4.69, 9.17) is 9.47 Å². The normalized spacial score (nSPS) is 30.9. The zero-order valence-electron chi connectivity index (χ0n) is 8.13. The van der Waals surface area contributed by atoms with Crippen molar-refractivity contribution in [3.63, 3.8) is 0 Å². The van der Waals surface area contributed by atoms with Crippen LogP contribution in [0.1, 0.15) is 32.1 Å². The van der Waals surface area contributed by atoms with Crippen LogP contribution in [0.5, 0.6) is 0 Å². The van der Waals surface area contributed by atoms with Gasteiger partial charge in [0.05, 0.1) is 12.7 Å². The topological polar surface area (TPSA) is 30.5 Å². The molecule has 13 heavy (non-hydrogen) atoms. The van der Waals surface area contributed by atoms with Crippen molar-refractivity contribution in [2.75, 3.05) is 19.9 Å². The van der Waals surface area contributed by atoms with Crippen LogP contribution in [0, 0.1) is 0 Å². The van der Waals surface area contributed by atoms with E-state index in [1.54, 1.807) is 0 Å². The summed E-state index contributed by atoms with van der Waals surface area (Å²) in [7, 11) is 0. The molecule has 3 nitrogen and oxygen atoms in total. The van der Waals surface area contributed by atoms with Gasteiger partial charge in [-0.2, -0.15) is 0 Å². The highest BCUT2D eigenvalue weighted by Gasteiger charge is 2.18. The Hall–Kier alpha value is -0.120. The minimum absolute atomic E-state index is 0.293. The third kappa shape index (κ3) is 2.93. The smallest absolute Gasteiger partial charge is 0.147 e. The Morgan fingerprint density at radius 2 is 2.00 bits per heavy atom. The number of hydrogen-bond acceptors (Lipinski definition) is 3. The maximum absolute atomic E-state index is 5.36. The Balaban J connectivity index is 1.60. The van der Waals surface area contributed by atoms with Crippen molar-refractivity contribution in [3.8, 4) is 0 Å². The first-order valence-electron chi connectivity index (χ1n) is 5.38. The van der Waals surface area contributed by atoms with Crippen molar-refractivity contribution in [2.45, 2.75) is 44.2 Å². The van der Waals surface area contributed by atoms with E-state index in [1.165, 1.54) is 32.1 Å². The SMILES string of the molecule is C1CCC(NCC2COCO2)CC1. The molecule has 2 rings (SSSR count). The first kappa shape index (κ1) is 9.44. The van der Waals surface area contributed by atoms with E-state index in [1.807, 2.05) is 0 Å². The van der Waals surface area contributed by atoms with Gasteiger partial charge in [0.15, 0.2) is 0 Å². The highest BCUT2D eigenvalue weighted by molar-refractivity contribution is 4.74. The molecule has 1 unspecified atom stereocenters. The van der Waals surface area contributed by atoms with E-state index in [9.17, 15) is 0 Å². The molecule has 0 spiro atoms. The van der Waals surface area contributed by atoms with Crippen molar-refractivity contribution in [3.05, 3.63) is 0 Å². The quantitative estimate of drug-likeness (QED) is 0.718. The molecule has 0 radical (unpaired) electrons. The summed E-state index contributed by atoms with van der Waals surface area (Å²) < 4.78 is 10.5. The molecule has 0 aromatic rings. The second-order valence-corrected chi connectivity index (χ2v) is 4.02. The fourth-order valence-electron chi connectivity index (χ4n) is 2.09. The molecule has 3 heteroatoms. The molecule has 1 heterocycles. The molecule has 1 atom stereocenters. The molecule has 76 valence electrons. The maximum Gasteiger partial charge on any atom is 0.147 e. The lowest BCUT2D eigenvalue weighted by molar-refractivity contribution is 0.0458. The summed E-state index contributed by atoms with van der Waals surface area (Å²) in [5.74, 6) is 0. The van der Waals surface area contributed by atoms with Gasteiger partial charge in [0.25, 0.3) is 0 Å². The van der Waals surface area contributed by atoms with Crippen LogP contribution in [0.25, 0.3) is 0 Å². The standard InChI is InChI=1S/C10H19NO2/c1-2-4-9(5-3-1)11-6-10-7-12-8-13-10/h9-11H,1-8H2. The average Bonchev–Trinajstić information content (AvgIpc) is 2.69. The third-order valence-corrected chi connectivity index (χ3v) is 2.93. The van der Waals surface area contributed by atoms with Gasteiger partial charge < -0.3 is 14.8 Å². The molecule has 1 aliphatic heterocycles. The zero-order valence-corrected chi connectivity index (χ0v) is 8.13. The van der Waals surface area contributed by atoms with Crippen LogP contribution >= 0.6 is 0 Å². The van der Waals surface area contributed by atoms with E-state index in [-0.39, 0.29) is 0 Å². The molecule has 1 saturated heterocycles. The van der Waals surface area contributed by atoms with Gasteiger partial charge in [-0.25, -0.2) is 0 Å². The van der Waals surface area contributed by atoms with Crippen molar-refractivity contribution in [2.24, 2.45) is 0 Å². The summed E-state index contributed by atoms with van der Waals surface area (Å²) in [6, 6.07) is 0.734. The van der Waals surface area contributed by atoms with Crippen molar-refractivity contribution in [1.29, 1.82) is 0 Å². The summed E-state index contributed by atoms with van der Waals surface area (Å²) >= 11 is 0. The minimum Gasteiger partial charge on any atom is -0.353 e. The Kier molecular flexibility index (Phi) is 3.58. The fourth-order valence-corrected chi connectivity index (χ4v) is 2.09. The molecule has 1 saturated carbocycles. The van der Waals surface area contributed by atoms with E-state index >= 15 is 0 Å². The molecule has 0 amide bonds. The molecular weight excluding hydrogens is 166 g/mol. The van der Waals surface area contributed by atoms with E-state index in [2.05, 4.69) is 5.32 Å². The summed E-state index contributed by atoms with van der Waals surface area (Å²) in [6.07, 6.45) is 7.17. The zero-order chi connectivity index (χ0) is 8.93. The second kappa shape index (κ2) is 4.94. The number of hydrogen-bond donors (Lipinski definition) is 1. The van der Waals surface area contributed by atoms with Crippen LogP contribution in [0.3, 0.4) is 0 Å². The molecule has 1 N–H and O–H groups in total. The molecule has 0 bridgehead atoms. The number of rotatable bonds is 3. The van der Waals surface area contributed by atoms with Gasteiger partial charge in [0.1, 0.15) is 6.79 Å². The monoisotopic (exact) mass is 185 g/mol. The lowest BCUT2D eigenvalue weighted by atomic mass is 9.95. The van der Waals surface area contributed by atoms with Crippen molar-refractivity contribution < 1.29 is 9.47 Å². The molecule has 0 aromatic carbocycles. The van der Waals surface area contributed by atoms with Gasteiger partial charge in [0.2, 0.25) is 0 Å². The van der Waals surface area contributed by atoms with Gasteiger partial charge in [-0.05, 0) is 12.8 Å². The van der Waals surface area contributed by atoms with Crippen LogP contribution in [-0.4, -0.2) is 32.1 Å². The Morgan fingerprint density at radius 1 is 1.15 bits per heavy atom. The summed E-state index contributed by atoms with van der Waals surface area (Å²) in [5, 5.41) is 3.56. The van der Waals surface area contributed by atoms with Crippen molar-refractivity contribution >= 4 is 0 Å². The first-order valence-corrected chi connectivity index (χ1v) is 5.38. The molecular formula is C10H19NO2. The first-order chi connectivity index (χ1) is 6.45. The molecule has 1 aliphatic carbocycles. The Bertz CT molecular complexity index is 140. The van der Waals surface area contributed by atoms with Gasteiger partial charge in [-0.3, -0.25) is 0 Å². The van der Waals surface area contributed by atoms with Crippen LogP contribution in [0.15, 0.2) is 0 Å². The van der Waals surface area contributed by atoms with E-state index in [0.717, 1.165) is 19.2 Å². The van der Waals surface area contributed by atoms with Gasteiger partial charge in [-0.15, -0.1) is 0 Å². The largest absolute Gasteiger partial charge is 0.353 e. The second-order valence-electron chi connectivity index (χ2n) is 4.02. The maximum atomic E-state index is 5.36. The summed E-state index contributed by atoms with van der Waals surface area (Å²) in [4.78, 5) is 0. The van der Waals surface area contributed by atoms with Crippen LogP contribution in [0.2, 0.25) is 0 Å². The minimum atomic E-state index is 0.293. The highest BCUT2D eigenvalue weighted by Crippen LogP contribution is 2.17. The Morgan fingerprint density at radius 3 is 2.69 bits per heavy atom. The van der Waals surface area contributed by atoms with Gasteiger partial charge in [0, 0.05) is 12.6 Å². The van der Waals surface area contributed by atoms with Gasteiger partial charge in [-0.1, -0.05) is 19.3 Å². The number of ether oxygens (including phenoxy) is 2. The van der Waals surface area contributed by atoms with Crippen LogP contribution in [-0.2, 0) is 9.47 Å². The lowest BCUT2D eigenvalue weighted by Crippen LogP contribution is -2.37. The Labute approximate surface area is 79.8 Å². The predicted octanol–water partition coefficient (Wildman–Crippen LogP) is 1.28. The fraction of sp³-hybridized carbons (Fsp3) is 1.00. The van der Waals surface area contributed by atoms with E-state index < -0.39 is 0 Å². The highest BCUT2D eigenvalue weighted by atomic mass is 16.7.